The lowest BCUT2D eigenvalue weighted by Crippen LogP contribution is -2.14. The van der Waals surface area contributed by atoms with Crippen LogP contribution in [0.15, 0.2) is 60.7 Å². The number of benzene rings is 3. The van der Waals surface area contributed by atoms with Crippen LogP contribution in [-0.4, -0.2) is 26.0 Å². The molecule has 158 valence electrons. The molecule has 0 radical (unpaired) electrons. The molecule has 0 unspecified atom stereocenters. The number of carbonyl (C=O) groups excluding carboxylic acids is 2. The minimum absolute atomic E-state index is 0.144. The number of methoxy groups -OCH3 is 2. The minimum atomic E-state index is -0.348. The van der Waals surface area contributed by atoms with Crippen LogP contribution in [0.3, 0.4) is 0 Å². The summed E-state index contributed by atoms with van der Waals surface area (Å²) in [4.78, 5) is 24.8. The molecule has 2 N–H and O–H groups in total. The first-order chi connectivity index (χ1) is 15.1. The Balaban J connectivity index is 1.59. The molecule has 0 saturated heterocycles. The fraction of sp³-hybridized carbons (Fsp3) is 0.167. The van der Waals surface area contributed by atoms with Gasteiger partial charge in [0, 0.05) is 28.9 Å². The van der Waals surface area contributed by atoms with E-state index in [0.29, 0.717) is 47.2 Å². The summed E-state index contributed by atoms with van der Waals surface area (Å²) >= 11 is 0. The normalized spacial score (nSPS) is 12.0. The van der Waals surface area contributed by atoms with Crippen molar-refractivity contribution in [3.63, 3.8) is 0 Å². The molecule has 3 aromatic rings. The monoisotopic (exact) mass is 418 g/mol. The van der Waals surface area contributed by atoms with Crippen molar-refractivity contribution in [3.05, 3.63) is 82.9 Å². The second kappa shape index (κ2) is 8.79. The number of rotatable bonds is 7. The van der Waals surface area contributed by atoms with Crippen LogP contribution in [0.2, 0.25) is 0 Å². The SMILES string of the molecule is COc1cc(C(=O)Nc2cccc3c2CNC3=O)cc(OC)c1OCc1ccccc1. The Hall–Kier alpha value is -4.00. The van der Waals surface area contributed by atoms with Gasteiger partial charge in [-0.3, -0.25) is 9.59 Å². The molecule has 4 rings (SSSR count). The predicted octanol–water partition coefficient (Wildman–Crippen LogP) is 3.78. The van der Waals surface area contributed by atoms with Crippen molar-refractivity contribution >= 4 is 17.5 Å². The number of ether oxygens (including phenoxy) is 3. The lowest BCUT2D eigenvalue weighted by Gasteiger charge is -2.16. The number of amides is 2. The maximum Gasteiger partial charge on any atom is 0.255 e. The highest BCUT2D eigenvalue weighted by Crippen LogP contribution is 2.39. The van der Waals surface area contributed by atoms with E-state index in [-0.39, 0.29) is 11.8 Å². The van der Waals surface area contributed by atoms with Crippen molar-refractivity contribution in [2.24, 2.45) is 0 Å². The van der Waals surface area contributed by atoms with Gasteiger partial charge in [-0.25, -0.2) is 0 Å². The number of fused-ring (bicyclic) bond motifs is 1. The summed E-state index contributed by atoms with van der Waals surface area (Å²) in [6.45, 7) is 0.708. The van der Waals surface area contributed by atoms with E-state index in [1.165, 1.54) is 14.2 Å². The summed E-state index contributed by atoms with van der Waals surface area (Å²) in [6.07, 6.45) is 0. The Kier molecular flexibility index (Phi) is 5.75. The molecule has 1 aliphatic heterocycles. The fourth-order valence-electron chi connectivity index (χ4n) is 3.45. The molecular formula is C24H22N2O5. The summed E-state index contributed by atoms with van der Waals surface area (Å²) < 4.78 is 16.9. The van der Waals surface area contributed by atoms with Crippen molar-refractivity contribution in [2.45, 2.75) is 13.2 Å². The third kappa shape index (κ3) is 4.16. The molecule has 31 heavy (non-hydrogen) atoms. The van der Waals surface area contributed by atoms with Gasteiger partial charge in [0.15, 0.2) is 11.5 Å². The number of anilines is 1. The molecule has 1 aliphatic rings. The summed E-state index contributed by atoms with van der Waals surface area (Å²) in [5.74, 6) is 0.695. The molecular weight excluding hydrogens is 396 g/mol. The lowest BCUT2D eigenvalue weighted by atomic mass is 10.1. The molecule has 0 fully saturated rings. The Morgan fingerprint density at radius 3 is 2.39 bits per heavy atom. The highest BCUT2D eigenvalue weighted by atomic mass is 16.5. The average Bonchev–Trinajstić information content (AvgIpc) is 3.19. The number of hydrogen-bond acceptors (Lipinski definition) is 5. The topological polar surface area (TPSA) is 85.9 Å². The van der Waals surface area contributed by atoms with Gasteiger partial charge in [0.2, 0.25) is 5.75 Å². The number of hydrogen-bond donors (Lipinski definition) is 2. The second-order valence-corrected chi connectivity index (χ2v) is 6.95. The first-order valence-corrected chi connectivity index (χ1v) is 9.75. The van der Waals surface area contributed by atoms with E-state index in [1.807, 2.05) is 30.3 Å². The van der Waals surface area contributed by atoms with Gasteiger partial charge in [-0.2, -0.15) is 0 Å². The molecule has 0 saturated carbocycles. The lowest BCUT2D eigenvalue weighted by molar-refractivity contribution is 0.0964. The highest BCUT2D eigenvalue weighted by Gasteiger charge is 2.23. The summed E-state index contributed by atoms with van der Waals surface area (Å²) in [5.41, 5.74) is 3.26. The first kappa shape index (κ1) is 20.3. The molecule has 3 aromatic carbocycles. The van der Waals surface area contributed by atoms with Gasteiger partial charge >= 0.3 is 0 Å². The van der Waals surface area contributed by atoms with Crippen LogP contribution in [0.4, 0.5) is 5.69 Å². The van der Waals surface area contributed by atoms with Crippen molar-refractivity contribution in [1.82, 2.24) is 5.32 Å². The van der Waals surface area contributed by atoms with Crippen molar-refractivity contribution in [1.29, 1.82) is 0 Å². The average molecular weight is 418 g/mol. The van der Waals surface area contributed by atoms with E-state index in [9.17, 15) is 9.59 Å². The van der Waals surface area contributed by atoms with E-state index < -0.39 is 0 Å². The Labute approximate surface area is 179 Å². The Bertz CT molecular complexity index is 1100. The van der Waals surface area contributed by atoms with E-state index in [0.717, 1.165) is 11.1 Å². The van der Waals surface area contributed by atoms with Crippen molar-refractivity contribution in [2.75, 3.05) is 19.5 Å². The zero-order valence-electron chi connectivity index (χ0n) is 17.2. The molecule has 2 amide bonds. The molecule has 7 heteroatoms. The quantitative estimate of drug-likeness (QED) is 0.610. The third-order valence-electron chi connectivity index (χ3n) is 5.04. The van der Waals surface area contributed by atoms with Crippen LogP contribution in [-0.2, 0) is 13.2 Å². The van der Waals surface area contributed by atoms with Gasteiger partial charge in [-0.15, -0.1) is 0 Å². The van der Waals surface area contributed by atoms with Gasteiger partial charge in [0.1, 0.15) is 6.61 Å². The molecule has 0 spiro atoms. The summed E-state index contributed by atoms with van der Waals surface area (Å²) in [7, 11) is 3.01. The van der Waals surface area contributed by atoms with Gasteiger partial charge in [-0.05, 0) is 29.8 Å². The van der Waals surface area contributed by atoms with Gasteiger partial charge < -0.3 is 24.8 Å². The Morgan fingerprint density at radius 2 is 1.71 bits per heavy atom. The molecule has 0 aliphatic carbocycles. The fourth-order valence-corrected chi connectivity index (χ4v) is 3.45. The van der Waals surface area contributed by atoms with Crippen molar-refractivity contribution < 1.29 is 23.8 Å². The first-order valence-electron chi connectivity index (χ1n) is 9.75. The zero-order chi connectivity index (χ0) is 21.8. The molecule has 0 bridgehead atoms. The van der Waals surface area contributed by atoms with Gasteiger partial charge in [-0.1, -0.05) is 36.4 Å². The highest BCUT2D eigenvalue weighted by molar-refractivity contribution is 6.07. The summed E-state index contributed by atoms with van der Waals surface area (Å²) in [6, 6.07) is 18.2. The maximum absolute atomic E-state index is 13.0. The number of carbonyl (C=O) groups is 2. The second-order valence-electron chi connectivity index (χ2n) is 6.95. The van der Waals surface area contributed by atoms with E-state index in [2.05, 4.69) is 10.6 Å². The molecule has 1 heterocycles. The third-order valence-corrected chi connectivity index (χ3v) is 5.04. The predicted molar refractivity (Wildman–Crippen MR) is 116 cm³/mol. The van der Waals surface area contributed by atoms with E-state index in [4.69, 9.17) is 14.2 Å². The van der Waals surface area contributed by atoms with Crippen LogP contribution in [0.5, 0.6) is 17.2 Å². The summed E-state index contributed by atoms with van der Waals surface area (Å²) in [5, 5.41) is 5.64. The molecule has 7 nitrogen and oxygen atoms in total. The Morgan fingerprint density at radius 1 is 1.00 bits per heavy atom. The minimum Gasteiger partial charge on any atom is -0.493 e. The number of nitrogens with one attached hydrogen (secondary N) is 2. The smallest absolute Gasteiger partial charge is 0.255 e. The van der Waals surface area contributed by atoms with Crippen LogP contribution >= 0.6 is 0 Å². The van der Waals surface area contributed by atoms with Crippen LogP contribution in [0.25, 0.3) is 0 Å². The van der Waals surface area contributed by atoms with Gasteiger partial charge in [0.05, 0.1) is 14.2 Å². The van der Waals surface area contributed by atoms with E-state index in [1.54, 1.807) is 30.3 Å². The standard InChI is InChI=1S/C24H22N2O5/c1-29-20-11-16(12-21(30-2)22(20)31-14-15-7-4-3-5-8-15)23(27)26-19-10-6-9-17-18(19)13-25-24(17)28/h3-12H,13-14H2,1-2H3,(H,25,28)(H,26,27). The van der Waals surface area contributed by atoms with Gasteiger partial charge in [0.25, 0.3) is 11.8 Å². The van der Waals surface area contributed by atoms with Crippen LogP contribution < -0.4 is 24.8 Å². The van der Waals surface area contributed by atoms with Crippen molar-refractivity contribution in [3.8, 4) is 17.2 Å². The largest absolute Gasteiger partial charge is 0.493 e. The molecule has 0 aromatic heterocycles. The molecule has 0 atom stereocenters. The van der Waals surface area contributed by atoms with Crippen LogP contribution in [0, 0.1) is 0 Å². The zero-order valence-corrected chi connectivity index (χ0v) is 17.2. The van der Waals surface area contributed by atoms with Crippen LogP contribution in [0.1, 0.15) is 31.8 Å². The maximum atomic E-state index is 13.0. The van der Waals surface area contributed by atoms with E-state index >= 15 is 0 Å².